The highest BCUT2D eigenvalue weighted by atomic mass is 19.1. The van der Waals surface area contributed by atoms with Crippen molar-refractivity contribution in [3.63, 3.8) is 0 Å². The molecule has 1 aliphatic heterocycles. The van der Waals surface area contributed by atoms with E-state index in [9.17, 15) is 4.39 Å². The molecule has 0 aromatic heterocycles. The standard InChI is InChI=1S/C18H30FN3/c1-6-13(8-7-11(2)3)22-12(4)16-14(10-21-17(16)20)15-9-18(15,5)19/h10-11,13,15,22H,6-9H2,1-5H3,(H2,20,21)/b16-12+/t13-,15+,18?/m0/s1. The predicted molar refractivity (Wildman–Crippen MR) is 90.6 cm³/mol. The molecule has 0 bridgehead atoms. The highest BCUT2D eigenvalue weighted by Crippen LogP contribution is 2.53. The molecule has 3 nitrogen and oxygen atoms in total. The van der Waals surface area contributed by atoms with Gasteiger partial charge in [0.2, 0.25) is 0 Å². The van der Waals surface area contributed by atoms with Crippen LogP contribution in [0.5, 0.6) is 0 Å². The largest absolute Gasteiger partial charge is 0.385 e. The van der Waals surface area contributed by atoms with E-state index in [0.29, 0.717) is 24.2 Å². The predicted octanol–water partition coefficient (Wildman–Crippen LogP) is 4.28. The van der Waals surface area contributed by atoms with Gasteiger partial charge >= 0.3 is 0 Å². The van der Waals surface area contributed by atoms with Gasteiger partial charge in [0.05, 0.1) is 0 Å². The molecule has 0 spiro atoms. The maximum Gasteiger partial charge on any atom is 0.131 e. The van der Waals surface area contributed by atoms with Gasteiger partial charge in [-0.1, -0.05) is 20.8 Å². The summed E-state index contributed by atoms with van der Waals surface area (Å²) in [6, 6.07) is 0.417. The van der Waals surface area contributed by atoms with E-state index in [1.165, 1.54) is 6.42 Å². The molecule has 1 saturated carbocycles. The van der Waals surface area contributed by atoms with Crippen molar-refractivity contribution in [2.45, 2.75) is 72.0 Å². The average molecular weight is 307 g/mol. The van der Waals surface area contributed by atoms with Crippen LogP contribution in [0.2, 0.25) is 0 Å². The molecule has 2 rings (SSSR count). The number of alkyl halides is 1. The lowest BCUT2D eigenvalue weighted by molar-refractivity contribution is 0.320. The monoisotopic (exact) mass is 307 g/mol. The maximum absolute atomic E-state index is 14.0. The zero-order valence-corrected chi connectivity index (χ0v) is 14.5. The first kappa shape index (κ1) is 17.0. The van der Waals surface area contributed by atoms with Gasteiger partial charge in [-0.3, -0.25) is 5.41 Å². The van der Waals surface area contributed by atoms with Gasteiger partial charge in [-0.2, -0.15) is 0 Å². The molecule has 1 fully saturated rings. The Morgan fingerprint density at radius 2 is 2.14 bits per heavy atom. The zero-order valence-electron chi connectivity index (χ0n) is 14.5. The molecule has 22 heavy (non-hydrogen) atoms. The summed E-state index contributed by atoms with van der Waals surface area (Å²) in [6.07, 6.45) is 5.75. The number of rotatable bonds is 7. The van der Waals surface area contributed by atoms with Crippen molar-refractivity contribution in [3.05, 3.63) is 23.0 Å². The van der Waals surface area contributed by atoms with Crippen molar-refractivity contribution in [1.82, 2.24) is 10.6 Å². The normalized spacial score (nSPS) is 31.0. The summed E-state index contributed by atoms with van der Waals surface area (Å²) in [5.41, 5.74) is 1.72. The Morgan fingerprint density at radius 3 is 2.64 bits per heavy atom. The maximum atomic E-state index is 14.0. The Kier molecular flexibility index (Phi) is 4.98. The number of allylic oxidation sites excluding steroid dienone is 1. The van der Waals surface area contributed by atoms with Crippen molar-refractivity contribution in [1.29, 1.82) is 5.41 Å². The Balaban J connectivity index is 2.09. The summed E-state index contributed by atoms with van der Waals surface area (Å²) in [4.78, 5) is 0. The van der Waals surface area contributed by atoms with Crippen LogP contribution >= 0.6 is 0 Å². The van der Waals surface area contributed by atoms with Crippen LogP contribution in [0, 0.1) is 17.2 Å². The van der Waals surface area contributed by atoms with Crippen molar-refractivity contribution < 1.29 is 4.39 Å². The fraction of sp³-hybridized carbons (Fsp3) is 0.722. The fourth-order valence-corrected chi connectivity index (χ4v) is 3.18. The molecular weight excluding hydrogens is 277 g/mol. The summed E-state index contributed by atoms with van der Waals surface area (Å²) >= 11 is 0. The number of hydrogen-bond donors (Lipinski definition) is 3. The van der Waals surface area contributed by atoms with Gasteiger partial charge in [-0.25, -0.2) is 4.39 Å². The molecule has 3 N–H and O–H groups in total. The molecule has 124 valence electrons. The number of nitrogens with one attached hydrogen (secondary N) is 3. The molecule has 1 aliphatic carbocycles. The molecule has 0 radical (unpaired) electrons. The molecule has 2 aliphatic rings. The molecule has 1 heterocycles. The van der Waals surface area contributed by atoms with Crippen LogP contribution in [-0.4, -0.2) is 17.5 Å². The van der Waals surface area contributed by atoms with Crippen LogP contribution in [0.15, 0.2) is 23.0 Å². The summed E-state index contributed by atoms with van der Waals surface area (Å²) in [7, 11) is 0. The minimum Gasteiger partial charge on any atom is -0.385 e. The van der Waals surface area contributed by atoms with E-state index in [2.05, 4.69) is 31.4 Å². The van der Waals surface area contributed by atoms with E-state index < -0.39 is 5.67 Å². The highest BCUT2D eigenvalue weighted by molar-refractivity contribution is 6.04. The van der Waals surface area contributed by atoms with Crippen molar-refractivity contribution in [2.24, 2.45) is 11.8 Å². The van der Waals surface area contributed by atoms with Gasteiger partial charge < -0.3 is 10.6 Å². The Morgan fingerprint density at radius 1 is 1.50 bits per heavy atom. The van der Waals surface area contributed by atoms with Crippen molar-refractivity contribution in [2.75, 3.05) is 0 Å². The first-order valence-electron chi connectivity index (χ1n) is 8.48. The Hall–Kier alpha value is -1.32. The lowest BCUT2D eigenvalue weighted by Crippen LogP contribution is -2.29. The molecule has 1 unspecified atom stereocenters. The van der Waals surface area contributed by atoms with Gasteiger partial charge in [0, 0.05) is 29.4 Å². The van der Waals surface area contributed by atoms with Crippen molar-refractivity contribution in [3.8, 4) is 0 Å². The first-order chi connectivity index (χ1) is 10.3. The third kappa shape index (κ3) is 3.71. The highest BCUT2D eigenvalue weighted by Gasteiger charge is 2.54. The Bertz CT molecular complexity index is 502. The van der Waals surface area contributed by atoms with Crippen LogP contribution in [-0.2, 0) is 0 Å². The smallest absolute Gasteiger partial charge is 0.131 e. The summed E-state index contributed by atoms with van der Waals surface area (Å²) in [5.74, 6) is 1.02. The van der Waals surface area contributed by atoms with Crippen LogP contribution < -0.4 is 10.6 Å². The molecule has 0 amide bonds. The fourth-order valence-electron chi connectivity index (χ4n) is 3.18. The number of halogens is 1. The lowest BCUT2D eigenvalue weighted by Gasteiger charge is -2.22. The van der Waals surface area contributed by atoms with Crippen LogP contribution in [0.4, 0.5) is 4.39 Å². The second kappa shape index (κ2) is 6.43. The van der Waals surface area contributed by atoms with E-state index in [0.717, 1.165) is 29.7 Å². The van der Waals surface area contributed by atoms with Gasteiger partial charge in [0.25, 0.3) is 0 Å². The van der Waals surface area contributed by atoms with Gasteiger partial charge in [0.15, 0.2) is 0 Å². The topological polar surface area (TPSA) is 47.9 Å². The molecule has 4 heteroatoms. The molecule has 0 aromatic carbocycles. The molecule has 0 saturated heterocycles. The molecular formula is C18H30FN3. The number of amidine groups is 1. The van der Waals surface area contributed by atoms with E-state index in [1.54, 1.807) is 6.92 Å². The zero-order chi connectivity index (χ0) is 16.5. The van der Waals surface area contributed by atoms with Crippen molar-refractivity contribution >= 4 is 5.84 Å². The van der Waals surface area contributed by atoms with Crippen LogP contribution in [0.3, 0.4) is 0 Å². The van der Waals surface area contributed by atoms with E-state index in [1.807, 2.05) is 13.1 Å². The van der Waals surface area contributed by atoms with Crippen LogP contribution in [0.25, 0.3) is 0 Å². The minimum atomic E-state index is -1.11. The van der Waals surface area contributed by atoms with Crippen LogP contribution in [0.1, 0.15) is 60.3 Å². The SMILES string of the molecule is CC[C@@H](CCC(C)C)N/C(C)=C1/C(=N)NC=C1[C@H]1CC1(C)F. The third-order valence-corrected chi connectivity index (χ3v) is 4.84. The Labute approximate surface area is 134 Å². The van der Waals surface area contributed by atoms with Gasteiger partial charge in [-0.15, -0.1) is 0 Å². The molecule has 0 aromatic rings. The first-order valence-corrected chi connectivity index (χ1v) is 8.48. The number of hydrogen-bond acceptors (Lipinski definition) is 2. The van der Waals surface area contributed by atoms with E-state index in [4.69, 9.17) is 5.41 Å². The van der Waals surface area contributed by atoms with E-state index >= 15 is 0 Å². The quantitative estimate of drug-likeness (QED) is 0.657. The summed E-state index contributed by atoms with van der Waals surface area (Å²) < 4.78 is 14.0. The molecule has 3 atom stereocenters. The minimum absolute atomic E-state index is 0.0645. The lowest BCUT2D eigenvalue weighted by atomic mass is 9.98. The summed E-state index contributed by atoms with van der Waals surface area (Å²) in [5, 5.41) is 14.6. The third-order valence-electron chi connectivity index (χ3n) is 4.84. The van der Waals surface area contributed by atoms with E-state index in [-0.39, 0.29) is 5.92 Å². The second-order valence-electron chi connectivity index (χ2n) is 7.37. The average Bonchev–Trinajstić information content (AvgIpc) is 2.89. The second-order valence-corrected chi connectivity index (χ2v) is 7.37. The van der Waals surface area contributed by atoms with Gasteiger partial charge in [0.1, 0.15) is 11.5 Å². The summed E-state index contributed by atoms with van der Waals surface area (Å²) in [6.45, 7) is 10.3. The van der Waals surface area contributed by atoms with Gasteiger partial charge in [-0.05, 0) is 51.0 Å².